The molecule has 0 radical (unpaired) electrons. The lowest BCUT2D eigenvalue weighted by atomic mass is 9.82. The third-order valence-electron chi connectivity index (χ3n) is 3.62. The van der Waals surface area contributed by atoms with E-state index in [0.717, 1.165) is 31.9 Å². The molecular formula is C17H29NO. The van der Waals surface area contributed by atoms with E-state index < -0.39 is 0 Å². The average molecular weight is 263 g/mol. The second kappa shape index (κ2) is 7.54. The Morgan fingerprint density at radius 3 is 2.32 bits per heavy atom. The molecule has 0 unspecified atom stereocenters. The van der Waals surface area contributed by atoms with Gasteiger partial charge in [0.05, 0.1) is 0 Å². The molecule has 0 amide bonds. The van der Waals surface area contributed by atoms with Crippen molar-refractivity contribution >= 4 is 0 Å². The fourth-order valence-corrected chi connectivity index (χ4v) is 1.84. The zero-order valence-corrected chi connectivity index (χ0v) is 13.1. The lowest BCUT2D eigenvalue weighted by molar-refractivity contribution is 0.310. The molecule has 0 aliphatic carbocycles. The van der Waals surface area contributed by atoms with E-state index in [1.165, 1.54) is 5.56 Å². The fourth-order valence-electron chi connectivity index (χ4n) is 1.84. The average Bonchev–Trinajstić information content (AvgIpc) is 2.38. The van der Waals surface area contributed by atoms with Gasteiger partial charge in [0.2, 0.25) is 0 Å². The van der Waals surface area contributed by atoms with Crippen LogP contribution in [0.4, 0.5) is 0 Å². The maximum absolute atomic E-state index is 5.73. The van der Waals surface area contributed by atoms with Gasteiger partial charge in [-0.15, -0.1) is 0 Å². The molecule has 2 nitrogen and oxygen atoms in total. The van der Waals surface area contributed by atoms with Crippen LogP contribution in [0.2, 0.25) is 0 Å². The van der Waals surface area contributed by atoms with Crippen LogP contribution in [-0.2, 0) is 5.41 Å². The number of nitrogens with one attached hydrogen (secondary N) is 1. The van der Waals surface area contributed by atoms with Gasteiger partial charge in [-0.05, 0) is 42.0 Å². The molecule has 0 fully saturated rings. The highest BCUT2D eigenvalue weighted by molar-refractivity contribution is 5.31. The summed E-state index contributed by atoms with van der Waals surface area (Å²) in [5.41, 5.74) is 1.62. The Labute approximate surface area is 118 Å². The van der Waals surface area contributed by atoms with Crippen LogP contribution < -0.4 is 10.1 Å². The number of rotatable bonds is 8. The summed E-state index contributed by atoms with van der Waals surface area (Å²) in [4.78, 5) is 0. The Bertz CT molecular complexity index is 354. The predicted octanol–water partition coefficient (Wildman–Crippen LogP) is 4.00. The van der Waals surface area contributed by atoms with Gasteiger partial charge >= 0.3 is 0 Å². The highest BCUT2D eigenvalue weighted by atomic mass is 16.5. The normalized spacial score (nSPS) is 11.9. The van der Waals surface area contributed by atoms with Gasteiger partial charge in [-0.1, -0.05) is 46.8 Å². The summed E-state index contributed by atoms with van der Waals surface area (Å²) >= 11 is 0. The van der Waals surface area contributed by atoms with Crippen LogP contribution in [0.5, 0.6) is 5.75 Å². The summed E-state index contributed by atoms with van der Waals surface area (Å²) in [6, 6.07) is 8.52. The fraction of sp³-hybridized carbons (Fsp3) is 0.647. The van der Waals surface area contributed by atoms with Crippen LogP contribution in [0.15, 0.2) is 24.3 Å². The Kier molecular flexibility index (Phi) is 6.36. The van der Waals surface area contributed by atoms with Crippen molar-refractivity contribution in [1.82, 2.24) is 5.32 Å². The van der Waals surface area contributed by atoms with Gasteiger partial charge in [-0.25, -0.2) is 0 Å². The topological polar surface area (TPSA) is 21.3 Å². The molecule has 0 saturated heterocycles. The van der Waals surface area contributed by atoms with E-state index in [1.807, 2.05) is 0 Å². The standard InChI is InChI=1S/C17H29NO/c1-6-17(4,5)15-7-9-16(10-8-15)19-12-11-18-13-14(2)3/h7-10,14,18H,6,11-13H2,1-5H3. The maximum atomic E-state index is 5.73. The molecule has 0 aliphatic heterocycles. The van der Waals surface area contributed by atoms with Crippen molar-refractivity contribution in [1.29, 1.82) is 0 Å². The molecule has 108 valence electrons. The minimum Gasteiger partial charge on any atom is -0.492 e. The molecule has 0 spiro atoms. The molecule has 1 aromatic rings. The summed E-state index contributed by atoms with van der Waals surface area (Å²) in [6.07, 6.45) is 1.15. The first-order valence-electron chi connectivity index (χ1n) is 7.39. The van der Waals surface area contributed by atoms with Crippen molar-refractivity contribution in [3.63, 3.8) is 0 Å². The lowest BCUT2D eigenvalue weighted by Crippen LogP contribution is -2.24. The smallest absolute Gasteiger partial charge is 0.119 e. The van der Waals surface area contributed by atoms with E-state index in [-0.39, 0.29) is 5.41 Å². The van der Waals surface area contributed by atoms with Gasteiger partial charge in [0.25, 0.3) is 0 Å². The van der Waals surface area contributed by atoms with E-state index in [2.05, 4.69) is 64.2 Å². The van der Waals surface area contributed by atoms with Crippen molar-refractivity contribution in [2.45, 2.75) is 46.5 Å². The highest BCUT2D eigenvalue weighted by Crippen LogP contribution is 2.27. The minimum atomic E-state index is 0.247. The minimum absolute atomic E-state index is 0.247. The van der Waals surface area contributed by atoms with Crippen LogP contribution in [0.25, 0.3) is 0 Å². The molecule has 1 aromatic carbocycles. The molecule has 0 heterocycles. The van der Waals surface area contributed by atoms with Crippen molar-refractivity contribution in [2.24, 2.45) is 5.92 Å². The monoisotopic (exact) mass is 263 g/mol. The molecule has 0 atom stereocenters. The molecule has 1 N–H and O–H groups in total. The van der Waals surface area contributed by atoms with Crippen LogP contribution in [-0.4, -0.2) is 19.7 Å². The van der Waals surface area contributed by atoms with Crippen LogP contribution in [0.3, 0.4) is 0 Å². The van der Waals surface area contributed by atoms with Crippen molar-refractivity contribution in [3.05, 3.63) is 29.8 Å². The molecular weight excluding hydrogens is 234 g/mol. The molecule has 19 heavy (non-hydrogen) atoms. The maximum Gasteiger partial charge on any atom is 0.119 e. The summed E-state index contributed by atoms with van der Waals surface area (Å²) in [5, 5.41) is 3.37. The van der Waals surface area contributed by atoms with Gasteiger partial charge in [-0.2, -0.15) is 0 Å². The second-order valence-electron chi connectivity index (χ2n) is 6.21. The summed E-state index contributed by atoms with van der Waals surface area (Å²) in [6.45, 7) is 13.9. The number of hydrogen-bond acceptors (Lipinski definition) is 2. The van der Waals surface area contributed by atoms with Gasteiger partial charge in [-0.3, -0.25) is 0 Å². The predicted molar refractivity (Wildman–Crippen MR) is 83.0 cm³/mol. The second-order valence-corrected chi connectivity index (χ2v) is 6.21. The van der Waals surface area contributed by atoms with E-state index in [9.17, 15) is 0 Å². The van der Waals surface area contributed by atoms with Crippen LogP contribution >= 0.6 is 0 Å². The lowest BCUT2D eigenvalue weighted by Gasteiger charge is -2.23. The first kappa shape index (κ1) is 16.0. The van der Waals surface area contributed by atoms with E-state index in [1.54, 1.807) is 0 Å². The SMILES string of the molecule is CCC(C)(C)c1ccc(OCCNCC(C)C)cc1. The molecule has 0 aliphatic rings. The Hall–Kier alpha value is -1.02. The van der Waals surface area contributed by atoms with Crippen molar-refractivity contribution in [3.8, 4) is 5.75 Å². The number of benzene rings is 1. The highest BCUT2D eigenvalue weighted by Gasteiger charge is 2.17. The zero-order valence-electron chi connectivity index (χ0n) is 13.1. The third-order valence-corrected chi connectivity index (χ3v) is 3.62. The van der Waals surface area contributed by atoms with Crippen molar-refractivity contribution < 1.29 is 4.74 Å². The van der Waals surface area contributed by atoms with Gasteiger partial charge < -0.3 is 10.1 Å². The van der Waals surface area contributed by atoms with Crippen LogP contribution in [0, 0.1) is 5.92 Å². The molecule has 0 aromatic heterocycles. The summed E-state index contributed by atoms with van der Waals surface area (Å²) in [5.74, 6) is 1.65. The first-order chi connectivity index (χ1) is 8.95. The molecule has 0 bridgehead atoms. The largest absolute Gasteiger partial charge is 0.492 e. The van der Waals surface area contributed by atoms with Gasteiger partial charge in [0.15, 0.2) is 0 Å². The Morgan fingerprint density at radius 2 is 1.79 bits per heavy atom. The quantitative estimate of drug-likeness (QED) is 0.716. The molecule has 0 saturated carbocycles. The third kappa shape index (κ3) is 5.65. The number of hydrogen-bond donors (Lipinski definition) is 1. The Balaban J connectivity index is 2.37. The van der Waals surface area contributed by atoms with E-state index >= 15 is 0 Å². The summed E-state index contributed by atoms with van der Waals surface area (Å²) in [7, 11) is 0. The van der Waals surface area contributed by atoms with E-state index in [4.69, 9.17) is 4.74 Å². The zero-order chi connectivity index (χ0) is 14.3. The molecule has 2 heteroatoms. The van der Waals surface area contributed by atoms with Crippen LogP contribution in [0.1, 0.15) is 46.6 Å². The summed E-state index contributed by atoms with van der Waals surface area (Å²) < 4.78 is 5.73. The number of ether oxygens (including phenoxy) is 1. The van der Waals surface area contributed by atoms with Gasteiger partial charge in [0.1, 0.15) is 12.4 Å². The van der Waals surface area contributed by atoms with E-state index in [0.29, 0.717) is 5.92 Å². The Morgan fingerprint density at radius 1 is 1.16 bits per heavy atom. The van der Waals surface area contributed by atoms with Gasteiger partial charge in [0, 0.05) is 6.54 Å². The van der Waals surface area contributed by atoms with Crippen molar-refractivity contribution in [2.75, 3.05) is 19.7 Å². The first-order valence-corrected chi connectivity index (χ1v) is 7.39. The molecule has 1 rings (SSSR count).